The molecule has 0 radical (unpaired) electrons. The molecule has 20 heavy (non-hydrogen) atoms. The molecule has 0 atom stereocenters. The smallest absolute Gasteiger partial charge is 0.245 e. The highest BCUT2D eigenvalue weighted by molar-refractivity contribution is 7.91. The molecule has 0 bridgehead atoms. The number of rotatable bonds is 2. The van der Waals surface area contributed by atoms with Crippen LogP contribution < -0.4 is 5.14 Å². The molecule has 2 saturated carbocycles. The number of carbonyl (C=O) groups excluding carboxylic acids is 1. The van der Waals surface area contributed by atoms with Gasteiger partial charge in [-0.25, -0.2) is 13.6 Å². The van der Waals surface area contributed by atoms with Gasteiger partial charge in [-0.15, -0.1) is 0 Å². The molecule has 2 N–H and O–H groups in total. The summed E-state index contributed by atoms with van der Waals surface area (Å²) >= 11 is 0. The molecule has 1 saturated heterocycles. The van der Waals surface area contributed by atoms with Crippen molar-refractivity contribution in [2.24, 2.45) is 5.14 Å². The standard InChI is InChI=1S/C13H22N2O4S/c14-20(17,18)13(6-7-13)11(16)15-8-9-19-12(10-15)4-2-1-3-5-12/h1-10H2,(H2,14,17,18). The van der Waals surface area contributed by atoms with Crippen molar-refractivity contribution in [2.75, 3.05) is 19.7 Å². The molecule has 114 valence electrons. The summed E-state index contributed by atoms with van der Waals surface area (Å²) in [5.41, 5.74) is -0.249. The monoisotopic (exact) mass is 302 g/mol. The van der Waals surface area contributed by atoms with Crippen molar-refractivity contribution in [1.29, 1.82) is 0 Å². The number of nitrogens with zero attached hydrogens (tertiary/aromatic N) is 1. The van der Waals surface area contributed by atoms with Crippen LogP contribution in [0.3, 0.4) is 0 Å². The van der Waals surface area contributed by atoms with Gasteiger partial charge in [-0.1, -0.05) is 19.3 Å². The Morgan fingerprint density at radius 2 is 1.75 bits per heavy atom. The van der Waals surface area contributed by atoms with Gasteiger partial charge in [0.15, 0.2) is 4.75 Å². The Balaban J connectivity index is 1.76. The van der Waals surface area contributed by atoms with Crippen LogP contribution in [0.25, 0.3) is 0 Å². The van der Waals surface area contributed by atoms with E-state index in [9.17, 15) is 13.2 Å². The normalized spacial score (nSPS) is 28.4. The number of ether oxygens (including phenoxy) is 1. The first-order valence-electron chi connectivity index (χ1n) is 7.34. The molecule has 1 amide bonds. The maximum Gasteiger partial charge on any atom is 0.245 e. The number of sulfonamides is 1. The zero-order valence-electron chi connectivity index (χ0n) is 11.6. The van der Waals surface area contributed by atoms with E-state index in [-0.39, 0.29) is 11.5 Å². The van der Waals surface area contributed by atoms with Gasteiger partial charge in [0.2, 0.25) is 15.9 Å². The molecule has 7 heteroatoms. The average Bonchev–Trinajstić information content (AvgIpc) is 3.20. The fourth-order valence-electron chi connectivity index (χ4n) is 3.54. The van der Waals surface area contributed by atoms with E-state index in [1.165, 1.54) is 6.42 Å². The maximum absolute atomic E-state index is 12.6. The van der Waals surface area contributed by atoms with Gasteiger partial charge in [0, 0.05) is 13.1 Å². The predicted octanol–water partition coefficient (Wildman–Crippen LogP) is 0.369. The van der Waals surface area contributed by atoms with E-state index in [0.717, 1.165) is 25.7 Å². The van der Waals surface area contributed by atoms with Crippen LogP contribution in [0.1, 0.15) is 44.9 Å². The molecule has 2 aliphatic carbocycles. The molecule has 0 aromatic heterocycles. The summed E-state index contributed by atoms with van der Waals surface area (Å²) in [5.74, 6) is -0.312. The Labute approximate surface area is 119 Å². The number of carbonyl (C=O) groups is 1. The van der Waals surface area contributed by atoms with E-state index in [1.54, 1.807) is 4.90 Å². The van der Waals surface area contributed by atoms with Crippen LogP contribution in [0.2, 0.25) is 0 Å². The summed E-state index contributed by atoms with van der Waals surface area (Å²) in [6.45, 7) is 1.48. The molecule has 1 spiro atoms. The van der Waals surface area contributed by atoms with E-state index in [0.29, 0.717) is 32.5 Å². The summed E-state index contributed by atoms with van der Waals surface area (Å²) in [4.78, 5) is 14.2. The van der Waals surface area contributed by atoms with Crippen molar-refractivity contribution in [3.05, 3.63) is 0 Å². The van der Waals surface area contributed by atoms with E-state index < -0.39 is 14.8 Å². The first kappa shape index (κ1) is 14.3. The highest BCUT2D eigenvalue weighted by Crippen LogP contribution is 2.45. The zero-order chi connectivity index (χ0) is 14.4. The number of primary sulfonamides is 1. The minimum atomic E-state index is -3.81. The largest absolute Gasteiger partial charge is 0.371 e. The number of amides is 1. The number of hydrogen-bond donors (Lipinski definition) is 1. The minimum absolute atomic E-state index is 0.249. The summed E-state index contributed by atoms with van der Waals surface area (Å²) < 4.78 is 27.9. The molecule has 1 aliphatic heterocycles. The summed E-state index contributed by atoms with van der Waals surface area (Å²) in [6.07, 6.45) is 6.06. The van der Waals surface area contributed by atoms with Gasteiger partial charge in [0.25, 0.3) is 0 Å². The highest BCUT2D eigenvalue weighted by atomic mass is 32.2. The third-order valence-corrected chi connectivity index (χ3v) is 6.61. The minimum Gasteiger partial charge on any atom is -0.371 e. The van der Waals surface area contributed by atoms with Crippen LogP contribution in [-0.2, 0) is 19.6 Å². The van der Waals surface area contributed by atoms with Crippen LogP contribution in [-0.4, -0.2) is 49.3 Å². The highest BCUT2D eigenvalue weighted by Gasteiger charge is 2.61. The molecule has 0 aromatic carbocycles. The zero-order valence-corrected chi connectivity index (χ0v) is 12.5. The summed E-state index contributed by atoms with van der Waals surface area (Å²) in [6, 6.07) is 0. The third kappa shape index (κ3) is 2.25. The molecule has 1 heterocycles. The van der Waals surface area contributed by atoms with E-state index in [2.05, 4.69) is 0 Å². The molecular formula is C13H22N2O4S. The van der Waals surface area contributed by atoms with Crippen LogP contribution >= 0.6 is 0 Å². The van der Waals surface area contributed by atoms with Crippen molar-refractivity contribution in [1.82, 2.24) is 4.90 Å². The topological polar surface area (TPSA) is 89.7 Å². The van der Waals surface area contributed by atoms with Crippen LogP contribution in [0.4, 0.5) is 0 Å². The SMILES string of the molecule is NS(=O)(=O)C1(C(=O)N2CCOC3(CCCCC3)C2)CC1. The van der Waals surface area contributed by atoms with Crippen molar-refractivity contribution in [3.63, 3.8) is 0 Å². The second-order valence-electron chi connectivity index (χ2n) is 6.36. The summed E-state index contributed by atoms with van der Waals surface area (Å²) in [5, 5.41) is 5.25. The second-order valence-corrected chi connectivity index (χ2v) is 8.23. The van der Waals surface area contributed by atoms with Crippen LogP contribution in [0.5, 0.6) is 0 Å². The van der Waals surface area contributed by atoms with Gasteiger partial charge in [-0.3, -0.25) is 4.79 Å². The average molecular weight is 302 g/mol. The van der Waals surface area contributed by atoms with E-state index in [1.807, 2.05) is 0 Å². The Bertz CT molecular complexity index is 501. The van der Waals surface area contributed by atoms with Crippen molar-refractivity contribution in [3.8, 4) is 0 Å². The van der Waals surface area contributed by atoms with Crippen LogP contribution in [0.15, 0.2) is 0 Å². The van der Waals surface area contributed by atoms with Crippen molar-refractivity contribution >= 4 is 15.9 Å². The van der Waals surface area contributed by atoms with Gasteiger partial charge in [0.05, 0.1) is 12.2 Å². The third-order valence-electron chi connectivity index (χ3n) is 4.94. The Morgan fingerprint density at radius 3 is 2.30 bits per heavy atom. The lowest BCUT2D eigenvalue weighted by molar-refractivity contribution is -0.156. The van der Waals surface area contributed by atoms with E-state index >= 15 is 0 Å². The Kier molecular flexibility index (Phi) is 3.34. The lowest BCUT2D eigenvalue weighted by Crippen LogP contribution is -2.58. The first-order chi connectivity index (χ1) is 9.39. The van der Waals surface area contributed by atoms with Gasteiger partial charge in [-0.2, -0.15) is 0 Å². The Morgan fingerprint density at radius 1 is 1.10 bits per heavy atom. The first-order valence-corrected chi connectivity index (χ1v) is 8.89. The van der Waals surface area contributed by atoms with Crippen LogP contribution in [0, 0.1) is 0 Å². The number of nitrogens with two attached hydrogens (primary N) is 1. The van der Waals surface area contributed by atoms with Crippen molar-refractivity contribution < 1.29 is 17.9 Å². The molecule has 3 rings (SSSR count). The van der Waals surface area contributed by atoms with Gasteiger partial charge < -0.3 is 9.64 Å². The Hall–Kier alpha value is -0.660. The van der Waals surface area contributed by atoms with Gasteiger partial charge in [-0.05, 0) is 25.7 Å². The summed E-state index contributed by atoms with van der Waals surface area (Å²) in [7, 11) is -3.81. The fourth-order valence-corrected chi connectivity index (χ4v) is 4.58. The molecular weight excluding hydrogens is 280 g/mol. The number of hydrogen-bond acceptors (Lipinski definition) is 4. The number of morpholine rings is 1. The maximum atomic E-state index is 12.6. The lowest BCUT2D eigenvalue weighted by Gasteiger charge is -2.45. The molecule has 0 unspecified atom stereocenters. The predicted molar refractivity (Wildman–Crippen MR) is 73.4 cm³/mol. The van der Waals surface area contributed by atoms with Gasteiger partial charge >= 0.3 is 0 Å². The quantitative estimate of drug-likeness (QED) is 0.798. The molecule has 3 fully saturated rings. The lowest BCUT2D eigenvalue weighted by atomic mass is 9.83. The second kappa shape index (κ2) is 4.68. The van der Waals surface area contributed by atoms with Gasteiger partial charge in [0.1, 0.15) is 0 Å². The fraction of sp³-hybridized carbons (Fsp3) is 0.923. The van der Waals surface area contributed by atoms with E-state index in [4.69, 9.17) is 9.88 Å². The molecule has 3 aliphatic rings. The molecule has 6 nitrogen and oxygen atoms in total. The van der Waals surface area contributed by atoms with Crippen molar-refractivity contribution in [2.45, 2.75) is 55.3 Å². The molecule has 0 aromatic rings.